The van der Waals surface area contributed by atoms with E-state index in [1.54, 1.807) is 59.4 Å². The molecule has 14 heteroatoms. The van der Waals surface area contributed by atoms with Crippen molar-refractivity contribution in [2.45, 2.75) is 52.9 Å². The van der Waals surface area contributed by atoms with Crippen molar-refractivity contribution < 1.29 is 42.1 Å². The van der Waals surface area contributed by atoms with Gasteiger partial charge in [-0.05, 0) is 77.7 Å². The summed E-state index contributed by atoms with van der Waals surface area (Å²) in [7, 11) is 1.78. The summed E-state index contributed by atoms with van der Waals surface area (Å²) in [6.07, 6.45) is 4.36. The molecule has 0 amide bonds. The minimum atomic E-state index is -4.43. The first kappa shape index (κ1) is 35.7. The number of anilines is 2. The second-order valence-electron chi connectivity index (χ2n) is 11.3. The van der Waals surface area contributed by atoms with Crippen molar-refractivity contribution in [1.29, 1.82) is 0 Å². The number of benzene rings is 2. The van der Waals surface area contributed by atoms with Gasteiger partial charge in [0.2, 0.25) is 0 Å². The summed E-state index contributed by atoms with van der Waals surface area (Å²) in [5.74, 6) is -0.794. The SMILES string of the molecule is CC(C)N1C=CN(c2[c-]c(N3C=CN(C(C)C)[CH-]3)cc(C(F)(F)F)c2)[CH-]1.Cc1cc(-c2nc(-c3[c-]cc(F)cc3F)cn2C)[n-]n1.[Ir]. The summed E-state index contributed by atoms with van der Waals surface area (Å²) >= 11 is 0. The fourth-order valence-electron chi connectivity index (χ4n) is 4.58. The molecule has 6 rings (SSSR count). The second kappa shape index (κ2) is 14.3. The van der Waals surface area contributed by atoms with Crippen LogP contribution in [-0.2, 0) is 33.3 Å². The van der Waals surface area contributed by atoms with Gasteiger partial charge in [-0.25, -0.2) is 0 Å². The Bertz CT molecular complexity index is 1690. The zero-order chi connectivity index (χ0) is 33.3. The summed E-state index contributed by atoms with van der Waals surface area (Å²) in [6.45, 7) is 13.4. The van der Waals surface area contributed by atoms with Crippen LogP contribution in [0, 0.1) is 44.0 Å². The number of halogens is 5. The van der Waals surface area contributed by atoms with E-state index in [1.807, 2.05) is 56.8 Å². The number of rotatable bonds is 6. The monoisotopic (exact) mass is 828 g/mol. The molecule has 8 nitrogen and oxygen atoms in total. The first-order valence-corrected chi connectivity index (χ1v) is 14.4. The summed E-state index contributed by atoms with van der Waals surface area (Å²) in [6, 6.07) is 12.0. The molecule has 0 fully saturated rings. The molecule has 0 bridgehead atoms. The molecule has 2 aliphatic heterocycles. The van der Waals surface area contributed by atoms with E-state index >= 15 is 0 Å². The van der Waals surface area contributed by atoms with Crippen LogP contribution >= 0.6 is 0 Å². The van der Waals surface area contributed by atoms with E-state index in [-0.39, 0.29) is 37.8 Å². The maximum Gasteiger partial charge on any atom is 0.394 e. The Morgan fingerprint density at radius 3 is 1.89 bits per heavy atom. The van der Waals surface area contributed by atoms with Crippen molar-refractivity contribution >= 4 is 11.4 Å². The Morgan fingerprint density at radius 1 is 0.872 bits per heavy atom. The van der Waals surface area contributed by atoms with Crippen LogP contribution in [0.4, 0.5) is 33.3 Å². The molecule has 4 heterocycles. The van der Waals surface area contributed by atoms with Gasteiger partial charge in [-0.2, -0.15) is 26.5 Å². The molecular weight excluding hydrogens is 796 g/mol. The quantitative estimate of drug-likeness (QED) is 0.150. The Labute approximate surface area is 284 Å². The number of alkyl halides is 3. The molecule has 0 saturated heterocycles. The average Bonchev–Trinajstić information content (AvgIpc) is 3.79. The number of nitrogens with zero attached hydrogens (tertiary/aromatic N) is 8. The van der Waals surface area contributed by atoms with Crippen molar-refractivity contribution in [2.24, 2.45) is 7.05 Å². The molecule has 0 spiro atoms. The van der Waals surface area contributed by atoms with Gasteiger partial charge in [0.05, 0.1) is 0 Å². The van der Waals surface area contributed by atoms with Gasteiger partial charge in [-0.3, -0.25) is 13.8 Å². The van der Waals surface area contributed by atoms with E-state index in [0.717, 1.165) is 30.0 Å². The Balaban J connectivity index is 0.000000215. The zero-order valence-corrected chi connectivity index (χ0v) is 28.8. The van der Waals surface area contributed by atoms with Crippen LogP contribution in [0.2, 0.25) is 0 Å². The maximum absolute atomic E-state index is 13.7. The molecule has 253 valence electrons. The smallest absolute Gasteiger partial charge is 0.394 e. The third-order valence-corrected chi connectivity index (χ3v) is 7.11. The van der Waals surface area contributed by atoms with Gasteiger partial charge in [-0.1, -0.05) is 29.0 Å². The van der Waals surface area contributed by atoms with Crippen LogP contribution < -0.4 is 14.9 Å². The van der Waals surface area contributed by atoms with E-state index in [4.69, 9.17) is 0 Å². The molecular formula is C33H32F5IrN8-5. The van der Waals surface area contributed by atoms with E-state index < -0.39 is 23.4 Å². The predicted octanol–water partition coefficient (Wildman–Crippen LogP) is 7.24. The molecule has 0 unspecified atom stereocenters. The molecule has 4 aromatic rings. The van der Waals surface area contributed by atoms with Crippen molar-refractivity contribution in [1.82, 2.24) is 29.5 Å². The van der Waals surface area contributed by atoms with Gasteiger partial charge < -0.3 is 34.4 Å². The minimum Gasteiger partial charge on any atom is -0.572 e. The maximum atomic E-state index is 13.7. The van der Waals surface area contributed by atoms with E-state index in [0.29, 0.717) is 28.6 Å². The van der Waals surface area contributed by atoms with Crippen molar-refractivity contribution in [3.63, 3.8) is 0 Å². The molecule has 0 saturated carbocycles. The molecule has 1 radical (unpaired) electrons. The Morgan fingerprint density at radius 2 is 1.45 bits per heavy atom. The number of aryl methyl sites for hydroxylation is 2. The van der Waals surface area contributed by atoms with Gasteiger partial charge in [0.15, 0.2) is 0 Å². The van der Waals surface area contributed by atoms with Gasteiger partial charge >= 0.3 is 6.18 Å². The van der Waals surface area contributed by atoms with Crippen LogP contribution in [0.1, 0.15) is 39.0 Å². The van der Waals surface area contributed by atoms with E-state index in [1.165, 1.54) is 0 Å². The number of aromatic nitrogens is 4. The third kappa shape index (κ3) is 8.23. The van der Waals surface area contributed by atoms with Gasteiger partial charge in [0.25, 0.3) is 0 Å². The van der Waals surface area contributed by atoms with Crippen molar-refractivity contribution in [2.75, 3.05) is 9.80 Å². The third-order valence-electron chi connectivity index (χ3n) is 7.11. The second-order valence-corrected chi connectivity index (χ2v) is 11.3. The van der Waals surface area contributed by atoms with Crippen LogP contribution in [0.15, 0.2) is 61.3 Å². The Kier molecular flexibility index (Phi) is 10.9. The standard InChI is InChI=1S/C19H22F3N4.C14H10F2N4.Ir/c1-14(2)23-5-7-25(12-23)17-9-16(19(20,21)22)10-18(11-17)26-8-6-24(13-26)15(3)4;1-8-5-12(19-18-8)14-17-13(7-20(14)2)10-4-3-9(15)6-11(10)16;/h5-10,12-15H,1-4H3;3,5-7H,1-2H3;/q-3;-2;. The fourth-order valence-corrected chi connectivity index (χ4v) is 4.58. The van der Waals surface area contributed by atoms with Crippen molar-refractivity contribution in [3.05, 3.63) is 110 Å². The Hall–Kier alpha value is -4.16. The summed E-state index contributed by atoms with van der Waals surface area (Å²) in [5, 5.41) is 7.90. The van der Waals surface area contributed by atoms with Gasteiger partial charge in [-0.15, -0.1) is 41.7 Å². The number of imidazole rings is 1. The normalized spacial score (nSPS) is 14.4. The molecule has 2 aromatic heterocycles. The van der Waals surface area contributed by atoms with Crippen molar-refractivity contribution in [3.8, 4) is 22.8 Å². The van der Waals surface area contributed by atoms with Crippen LogP contribution in [0.5, 0.6) is 0 Å². The van der Waals surface area contributed by atoms with Gasteiger partial charge in [0.1, 0.15) is 5.82 Å². The average molecular weight is 828 g/mol. The molecule has 2 aliphatic rings. The van der Waals surface area contributed by atoms with Crippen LogP contribution in [0.3, 0.4) is 0 Å². The topological polar surface area (TPSA) is 57.8 Å². The van der Waals surface area contributed by atoms with Crippen LogP contribution in [0.25, 0.3) is 22.8 Å². The summed E-state index contributed by atoms with van der Waals surface area (Å²) < 4.78 is 68.6. The largest absolute Gasteiger partial charge is 0.572 e. The van der Waals surface area contributed by atoms with Gasteiger partial charge in [0, 0.05) is 50.2 Å². The van der Waals surface area contributed by atoms with E-state index in [9.17, 15) is 22.0 Å². The van der Waals surface area contributed by atoms with Crippen LogP contribution in [-0.4, -0.2) is 36.5 Å². The van der Waals surface area contributed by atoms with E-state index in [2.05, 4.69) is 27.3 Å². The fraction of sp³-hybridized carbons (Fsp3) is 0.273. The predicted molar refractivity (Wildman–Crippen MR) is 165 cm³/mol. The summed E-state index contributed by atoms with van der Waals surface area (Å²) in [5.41, 5.74) is 1.89. The molecule has 2 aromatic carbocycles. The minimum absolute atomic E-state index is 0. The first-order chi connectivity index (χ1) is 21.7. The number of hydrogen-bond donors (Lipinski definition) is 0. The zero-order valence-electron chi connectivity index (χ0n) is 26.4. The molecule has 0 N–H and O–H groups in total. The summed E-state index contributed by atoms with van der Waals surface area (Å²) in [4.78, 5) is 11.5. The number of hydrogen-bond acceptors (Lipinski definition) is 6. The molecule has 0 atom stereocenters. The molecule has 47 heavy (non-hydrogen) atoms. The molecule has 0 aliphatic carbocycles. The first-order valence-electron chi connectivity index (χ1n) is 14.4.